The molecule has 7 heteroatoms. The van der Waals surface area contributed by atoms with Gasteiger partial charge >= 0.3 is 4.87 Å². The number of halogens is 1. The maximum Gasteiger partial charge on any atom is 0.309 e. The maximum absolute atomic E-state index is 12.1. The predicted octanol–water partition coefficient (Wildman–Crippen LogP) is 3.38. The van der Waals surface area contributed by atoms with Crippen LogP contribution in [0.25, 0.3) is 0 Å². The smallest absolute Gasteiger partial charge is 0.284 e. The third kappa shape index (κ3) is 4.23. The van der Waals surface area contributed by atoms with E-state index in [-0.39, 0.29) is 10.8 Å². The highest BCUT2D eigenvalue weighted by atomic mass is 35.5. The van der Waals surface area contributed by atoms with Gasteiger partial charge in [-0.05, 0) is 17.7 Å². The van der Waals surface area contributed by atoms with Crippen LogP contribution in [0.2, 0.25) is 5.15 Å². The Morgan fingerprint density at radius 2 is 1.76 bits per heavy atom. The summed E-state index contributed by atoms with van der Waals surface area (Å²) in [6, 6.07) is 18.3. The summed E-state index contributed by atoms with van der Waals surface area (Å²) in [5.74, 6) is -0.330. The molecule has 25 heavy (non-hydrogen) atoms. The quantitative estimate of drug-likeness (QED) is 0.552. The van der Waals surface area contributed by atoms with Crippen molar-refractivity contribution in [2.75, 3.05) is 0 Å². The van der Waals surface area contributed by atoms with Crippen LogP contribution in [0.1, 0.15) is 20.8 Å². The summed E-state index contributed by atoms with van der Waals surface area (Å²) >= 11 is 7.26. The van der Waals surface area contributed by atoms with Gasteiger partial charge < -0.3 is 0 Å². The minimum Gasteiger partial charge on any atom is -0.284 e. The lowest BCUT2D eigenvalue weighted by Gasteiger charge is -2.03. The van der Waals surface area contributed by atoms with Crippen molar-refractivity contribution in [3.63, 3.8) is 0 Å². The monoisotopic (exact) mass is 371 g/mol. The molecule has 0 atom stereocenters. The highest BCUT2D eigenvalue weighted by molar-refractivity contribution is 7.11. The van der Waals surface area contributed by atoms with Crippen LogP contribution in [-0.4, -0.2) is 16.7 Å². The molecule has 0 aliphatic heterocycles. The molecule has 3 rings (SSSR count). The second-order valence-electron chi connectivity index (χ2n) is 5.16. The van der Waals surface area contributed by atoms with Crippen LogP contribution in [0.3, 0.4) is 0 Å². The fourth-order valence-corrected chi connectivity index (χ4v) is 3.29. The van der Waals surface area contributed by atoms with E-state index in [0.29, 0.717) is 22.1 Å². The zero-order valence-corrected chi connectivity index (χ0v) is 14.6. The van der Waals surface area contributed by atoms with E-state index in [2.05, 4.69) is 10.5 Å². The van der Waals surface area contributed by atoms with Crippen molar-refractivity contribution in [1.29, 1.82) is 0 Å². The summed E-state index contributed by atoms with van der Waals surface area (Å²) in [5.41, 5.74) is 3.90. The van der Waals surface area contributed by atoms with Crippen LogP contribution >= 0.6 is 22.9 Å². The number of nitrogens with zero attached hydrogens (tertiary/aromatic N) is 2. The van der Waals surface area contributed by atoms with Gasteiger partial charge in [0.1, 0.15) is 5.15 Å². The number of hydrazone groups is 1. The second kappa shape index (κ2) is 7.92. The van der Waals surface area contributed by atoms with Crippen LogP contribution < -0.4 is 10.3 Å². The summed E-state index contributed by atoms with van der Waals surface area (Å²) in [6.45, 7) is 0.388. The van der Waals surface area contributed by atoms with E-state index in [0.717, 1.165) is 16.9 Å². The molecule has 1 heterocycles. The number of benzene rings is 2. The van der Waals surface area contributed by atoms with Gasteiger partial charge in [-0.3, -0.25) is 14.2 Å². The van der Waals surface area contributed by atoms with Crippen molar-refractivity contribution in [3.05, 3.63) is 91.5 Å². The molecule has 0 spiro atoms. The van der Waals surface area contributed by atoms with Crippen LogP contribution in [0.4, 0.5) is 0 Å². The van der Waals surface area contributed by atoms with Crippen LogP contribution in [-0.2, 0) is 6.54 Å². The largest absolute Gasteiger partial charge is 0.309 e. The van der Waals surface area contributed by atoms with Crippen LogP contribution in [0, 0.1) is 0 Å². The molecule has 0 aliphatic carbocycles. The molecule has 126 valence electrons. The average Bonchev–Trinajstić information content (AvgIpc) is 2.91. The molecular weight excluding hydrogens is 358 g/mol. The number of nitrogens with one attached hydrogen (secondary N) is 1. The Bertz CT molecular complexity index is 949. The molecule has 2 aromatic carbocycles. The number of aromatic nitrogens is 1. The highest BCUT2D eigenvalue weighted by Crippen LogP contribution is 2.18. The molecule has 1 aromatic heterocycles. The topological polar surface area (TPSA) is 63.5 Å². The Labute approximate surface area is 153 Å². The standard InChI is InChI=1S/C18H14ClN3O2S/c19-16-15(11-20-21-17(23)14-9-5-2-6-10-14)25-18(24)22(16)12-13-7-3-1-4-8-13/h1-11H,12H2,(H,21,23)/b20-11-. The molecule has 0 fully saturated rings. The van der Waals surface area contributed by atoms with Gasteiger partial charge in [-0.1, -0.05) is 71.5 Å². The Balaban J connectivity index is 1.72. The van der Waals surface area contributed by atoms with E-state index in [4.69, 9.17) is 11.6 Å². The van der Waals surface area contributed by atoms with Crippen molar-refractivity contribution in [2.24, 2.45) is 5.10 Å². The summed E-state index contributed by atoms with van der Waals surface area (Å²) in [4.78, 5) is 24.4. The molecule has 5 nitrogen and oxygen atoms in total. The first-order valence-electron chi connectivity index (χ1n) is 7.46. The minimum atomic E-state index is -0.330. The summed E-state index contributed by atoms with van der Waals surface area (Å²) in [5, 5.41) is 4.19. The molecule has 1 amide bonds. The molecule has 0 saturated heterocycles. The predicted molar refractivity (Wildman–Crippen MR) is 101 cm³/mol. The van der Waals surface area contributed by atoms with E-state index >= 15 is 0 Å². The lowest BCUT2D eigenvalue weighted by molar-refractivity contribution is 0.0955. The SMILES string of the molecule is O=C(N/N=C\c1sc(=O)n(Cc2ccccc2)c1Cl)c1ccccc1. The van der Waals surface area contributed by atoms with Crippen LogP contribution in [0.5, 0.6) is 0 Å². The molecule has 0 radical (unpaired) electrons. The molecule has 0 unspecified atom stereocenters. The van der Waals surface area contributed by atoms with E-state index in [1.807, 2.05) is 36.4 Å². The van der Waals surface area contributed by atoms with Gasteiger partial charge in [0.2, 0.25) is 0 Å². The van der Waals surface area contributed by atoms with Crippen molar-refractivity contribution in [1.82, 2.24) is 9.99 Å². The fourth-order valence-electron chi connectivity index (χ4n) is 2.19. The third-order valence-electron chi connectivity index (χ3n) is 3.43. The molecule has 1 N–H and O–H groups in total. The van der Waals surface area contributed by atoms with Crippen LogP contribution in [0.15, 0.2) is 70.6 Å². The number of carbonyl (C=O) groups is 1. The number of hydrogen-bond donors (Lipinski definition) is 1. The van der Waals surface area contributed by atoms with Gasteiger partial charge in [0.25, 0.3) is 5.91 Å². The van der Waals surface area contributed by atoms with Crippen molar-refractivity contribution >= 4 is 35.1 Å². The normalized spacial score (nSPS) is 10.9. The minimum absolute atomic E-state index is 0.176. The number of thiazole rings is 1. The number of amides is 1. The van der Waals surface area contributed by atoms with E-state index in [1.165, 1.54) is 10.8 Å². The summed E-state index contributed by atoms with van der Waals surface area (Å²) in [7, 11) is 0. The van der Waals surface area contributed by atoms with Gasteiger partial charge in [0, 0.05) is 5.56 Å². The van der Waals surface area contributed by atoms with Crippen molar-refractivity contribution < 1.29 is 4.79 Å². The van der Waals surface area contributed by atoms with E-state index in [9.17, 15) is 9.59 Å². The fraction of sp³-hybridized carbons (Fsp3) is 0.0556. The summed E-state index contributed by atoms with van der Waals surface area (Å²) in [6.07, 6.45) is 1.39. The number of rotatable bonds is 5. The first-order chi connectivity index (χ1) is 12.1. The molecular formula is C18H14ClN3O2S. The van der Waals surface area contributed by atoms with Gasteiger partial charge in [0.15, 0.2) is 0 Å². The third-order valence-corrected chi connectivity index (χ3v) is 4.86. The lowest BCUT2D eigenvalue weighted by Crippen LogP contribution is -2.17. The van der Waals surface area contributed by atoms with Crippen molar-refractivity contribution in [3.8, 4) is 0 Å². The molecule has 0 saturated carbocycles. The maximum atomic E-state index is 12.1. The number of hydrogen-bond acceptors (Lipinski definition) is 4. The zero-order valence-electron chi connectivity index (χ0n) is 13.1. The van der Waals surface area contributed by atoms with Gasteiger partial charge in [0.05, 0.1) is 17.6 Å². The Kier molecular flexibility index (Phi) is 5.42. The lowest BCUT2D eigenvalue weighted by atomic mass is 10.2. The first-order valence-corrected chi connectivity index (χ1v) is 8.66. The highest BCUT2D eigenvalue weighted by Gasteiger charge is 2.12. The van der Waals surface area contributed by atoms with Gasteiger partial charge in [-0.25, -0.2) is 5.43 Å². The number of carbonyl (C=O) groups excluding carboxylic acids is 1. The Hall–Kier alpha value is -2.70. The molecule has 0 aliphatic rings. The summed E-state index contributed by atoms with van der Waals surface area (Å²) < 4.78 is 1.47. The van der Waals surface area contributed by atoms with E-state index in [1.54, 1.807) is 24.3 Å². The molecule has 0 bridgehead atoms. The zero-order chi connectivity index (χ0) is 17.6. The van der Waals surface area contributed by atoms with Gasteiger partial charge in [-0.2, -0.15) is 5.10 Å². The molecule has 3 aromatic rings. The van der Waals surface area contributed by atoms with E-state index < -0.39 is 0 Å². The van der Waals surface area contributed by atoms with Crippen molar-refractivity contribution in [2.45, 2.75) is 6.54 Å². The Morgan fingerprint density at radius 1 is 1.12 bits per heavy atom. The first kappa shape index (κ1) is 17.1. The average molecular weight is 372 g/mol. The van der Waals surface area contributed by atoms with Gasteiger partial charge in [-0.15, -0.1) is 0 Å². The Morgan fingerprint density at radius 3 is 2.44 bits per heavy atom. The second-order valence-corrected chi connectivity index (χ2v) is 6.51.